The van der Waals surface area contributed by atoms with Gasteiger partial charge in [-0.2, -0.15) is 0 Å². The molecule has 5 rings (SSSR count). The fourth-order valence-electron chi connectivity index (χ4n) is 3.84. The topological polar surface area (TPSA) is 0 Å². The Morgan fingerprint density at radius 3 is 1.48 bits per heavy atom. The average Bonchev–Trinajstić information content (AvgIpc) is 2.75. The molecule has 5 aromatic carbocycles. The highest BCUT2D eigenvalue weighted by molar-refractivity contribution is 6.14. The van der Waals surface area contributed by atoms with Crippen molar-refractivity contribution < 1.29 is 4.39 Å². The van der Waals surface area contributed by atoms with Gasteiger partial charge >= 0.3 is 0 Å². The Morgan fingerprint density at radius 2 is 0.815 bits per heavy atom. The second-order valence-corrected chi connectivity index (χ2v) is 6.72. The molecule has 0 aromatic heterocycles. The lowest BCUT2D eigenvalue weighted by atomic mass is 9.92. The summed E-state index contributed by atoms with van der Waals surface area (Å²) in [5.41, 5.74) is 3.86. The van der Waals surface area contributed by atoms with Crippen LogP contribution in [0.1, 0.15) is 0 Å². The van der Waals surface area contributed by atoms with E-state index in [0.717, 1.165) is 32.8 Å². The Kier molecular flexibility index (Phi) is 3.72. The second kappa shape index (κ2) is 6.37. The van der Waals surface area contributed by atoms with Crippen LogP contribution in [-0.4, -0.2) is 0 Å². The van der Waals surface area contributed by atoms with Crippen molar-refractivity contribution in [2.75, 3.05) is 0 Å². The summed E-state index contributed by atoms with van der Waals surface area (Å²) in [5, 5.41) is 3.64. The van der Waals surface area contributed by atoms with E-state index < -0.39 is 0 Å². The van der Waals surface area contributed by atoms with Crippen LogP contribution in [0.3, 0.4) is 0 Å². The maximum Gasteiger partial charge on any atom is 0.139 e. The third kappa shape index (κ3) is 2.60. The lowest BCUT2D eigenvalue weighted by molar-refractivity contribution is 0.644. The van der Waals surface area contributed by atoms with Crippen molar-refractivity contribution in [3.05, 3.63) is 109 Å². The van der Waals surface area contributed by atoms with Gasteiger partial charge in [0.1, 0.15) is 5.82 Å². The largest absolute Gasteiger partial charge is 0.206 e. The lowest BCUT2D eigenvalue weighted by Crippen LogP contribution is -1.91. The van der Waals surface area contributed by atoms with Gasteiger partial charge in [-0.15, -0.1) is 0 Å². The predicted octanol–water partition coefficient (Wildman–Crippen LogP) is 7.47. The molecule has 0 atom stereocenters. The summed E-state index contributed by atoms with van der Waals surface area (Å²) in [5.74, 6) is -0.156. The molecule has 0 radical (unpaired) electrons. The molecule has 0 aliphatic carbocycles. The summed E-state index contributed by atoms with van der Waals surface area (Å²) < 4.78 is 15.5. The van der Waals surface area contributed by atoms with Gasteiger partial charge in [-0.3, -0.25) is 0 Å². The zero-order valence-electron chi connectivity index (χ0n) is 14.7. The molecule has 0 nitrogen and oxygen atoms in total. The SMILES string of the molecule is Fc1c(-c2ccc(-c3ccccc3)cc2)c2ccccc2c2ccccc12. The van der Waals surface area contributed by atoms with E-state index in [9.17, 15) is 0 Å². The Bertz CT molecular complexity index is 1250. The van der Waals surface area contributed by atoms with E-state index >= 15 is 4.39 Å². The average molecular weight is 348 g/mol. The zero-order chi connectivity index (χ0) is 18.2. The lowest BCUT2D eigenvalue weighted by Gasteiger charge is -2.13. The molecule has 27 heavy (non-hydrogen) atoms. The van der Waals surface area contributed by atoms with E-state index in [2.05, 4.69) is 30.3 Å². The standard InChI is InChI=1S/C26H17F/c27-26-24-13-7-5-11-22(24)21-10-4-6-12-23(21)25(26)20-16-14-19(15-17-20)18-8-2-1-3-9-18/h1-17H. The fraction of sp³-hybridized carbons (Fsp3) is 0. The molecule has 0 amide bonds. The van der Waals surface area contributed by atoms with E-state index in [0.29, 0.717) is 10.9 Å². The highest BCUT2D eigenvalue weighted by atomic mass is 19.1. The van der Waals surface area contributed by atoms with E-state index in [1.54, 1.807) is 0 Å². The van der Waals surface area contributed by atoms with Crippen molar-refractivity contribution in [3.8, 4) is 22.3 Å². The van der Waals surface area contributed by atoms with Crippen molar-refractivity contribution in [2.45, 2.75) is 0 Å². The van der Waals surface area contributed by atoms with Gasteiger partial charge < -0.3 is 0 Å². The highest BCUT2D eigenvalue weighted by Crippen LogP contribution is 2.38. The predicted molar refractivity (Wildman–Crippen MR) is 112 cm³/mol. The summed E-state index contributed by atoms with van der Waals surface area (Å²) in [6.45, 7) is 0. The van der Waals surface area contributed by atoms with Crippen LogP contribution in [0.25, 0.3) is 43.8 Å². The number of rotatable bonds is 2. The van der Waals surface area contributed by atoms with Gasteiger partial charge in [0.15, 0.2) is 0 Å². The Hall–Kier alpha value is -3.45. The first-order valence-electron chi connectivity index (χ1n) is 9.08. The van der Waals surface area contributed by atoms with Crippen molar-refractivity contribution >= 4 is 21.5 Å². The van der Waals surface area contributed by atoms with Gasteiger partial charge in [0.05, 0.1) is 0 Å². The van der Waals surface area contributed by atoms with E-state index in [1.165, 1.54) is 0 Å². The number of halogens is 1. The maximum absolute atomic E-state index is 15.5. The molecule has 5 aromatic rings. The smallest absolute Gasteiger partial charge is 0.139 e. The van der Waals surface area contributed by atoms with Crippen molar-refractivity contribution in [3.63, 3.8) is 0 Å². The molecule has 1 heteroatoms. The molecule has 0 spiro atoms. The quantitative estimate of drug-likeness (QED) is 0.290. The van der Waals surface area contributed by atoms with Gasteiger partial charge in [0, 0.05) is 10.9 Å². The summed E-state index contributed by atoms with van der Waals surface area (Å²) in [4.78, 5) is 0. The molecule has 0 saturated heterocycles. The van der Waals surface area contributed by atoms with E-state index in [-0.39, 0.29) is 5.82 Å². The molecule has 0 N–H and O–H groups in total. The first kappa shape index (κ1) is 15.8. The van der Waals surface area contributed by atoms with Gasteiger partial charge in [0.2, 0.25) is 0 Å². The molecule has 0 heterocycles. The Morgan fingerprint density at radius 1 is 0.370 bits per heavy atom. The first-order valence-corrected chi connectivity index (χ1v) is 9.08. The zero-order valence-corrected chi connectivity index (χ0v) is 14.7. The second-order valence-electron chi connectivity index (χ2n) is 6.72. The van der Waals surface area contributed by atoms with E-state index in [1.807, 2.05) is 72.8 Å². The fourth-order valence-corrected chi connectivity index (χ4v) is 3.84. The molecular formula is C26H17F. The van der Waals surface area contributed by atoms with Crippen LogP contribution in [0.2, 0.25) is 0 Å². The van der Waals surface area contributed by atoms with Gasteiger partial charge in [-0.1, -0.05) is 103 Å². The molecule has 0 saturated carbocycles. The number of fused-ring (bicyclic) bond motifs is 3. The maximum atomic E-state index is 15.5. The van der Waals surface area contributed by atoms with Crippen molar-refractivity contribution in [1.29, 1.82) is 0 Å². The third-order valence-electron chi connectivity index (χ3n) is 5.15. The monoisotopic (exact) mass is 348 g/mol. The summed E-state index contributed by atoms with van der Waals surface area (Å²) in [7, 11) is 0. The van der Waals surface area contributed by atoms with Crippen LogP contribution in [0.4, 0.5) is 4.39 Å². The van der Waals surface area contributed by atoms with Crippen LogP contribution < -0.4 is 0 Å². The van der Waals surface area contributed by atoms with Crippen molar-refractivity contribution in [1.82, 2.24) is 0 Å². The summed E-state index contributed by atoms with van der Waals surface area (Å²) in [6.07, 6.45) is 0. The molecule has 0 unspecified atom stereocenters. The van der Waals surface area contributed by atoms with Crippen LogP contribution in [0, 0.1) is 5.82 Å². The molecule has 0 bridgehead atoms. The van der Waals surface area contributed by atoms with E-state index in [4.69, 9.17) is 0 Å². The minimum absolute atomic E-state index is 0.156. The minimum atomic E-state index is -0.156. The van der Waals surface area contributed by atoms with Gasteiger partial charge in [0.25, 0.3) is 0 Å². The van der Waals surface area contributed by atoms with Crippen LogP contribution in [0.5, 0.6) is 0 Å². The summed E-state index contributed by atoms with van der Waals surface area (Å²) >= 11 is 0. The van der Waals surface area contributed by atoms with Gasteiger partial charge in [-0.05, 0) is 32.8 Å². The highest BCUT2D eigenvalue weighted by Gasteiger charge is 2.15. The first-order chi connectivity index (χ1) is 13.3. The number of hydrogen-bond acceptors (Lipinski definition) is 0. The summed E-state index contributed by atoms with van der Waals surface area (Å²) in [6, 6.07) is 34.1. The van der Waals surface area contributed by atoms with Gasteiger partial charge in [-0.25, -0.2) is 4.39 Å². The number of benzene rings is 5. The Labute approximate surface area is 157 Å². The molecule has 0 aliphatic heterocycles. The van der Waals surface area contributed by atoms with Crippen molar-refractivity contribution in [2.24, 2.45) is 0 Å². The normalized spacial score (nSPS) is 11.1. The minimum Gasteiger partial charge on any atom is -0.206 e. The molecule has 128 valence electrons. The molecular weight excluding hydrogens is 331 g/mol. The van der Waals surface area contributed by atoms with Crippen LogP contribution in [-0.2, 0) is 0 Å². The molecule has 0 aliphatic rings. The van der Waals surface area contributed by atoms with Crippen LogP contribution in [0.15, 0.2) is 103 Å². The third-order valence-corrected chi connectivity index (χ3v) is 5.15. The Balaban J connectivity index is 1.76. The van der Waals surface area contributed by atoms with Crippen LogP contribution >= 0.6 is 0 Å². The number of hydrogen-bond donors (Lipinski definition) is 0. The molecule has 0 fully saturated rings.